The molecule has 0 saturated heterocycles. The molecule has 0 spiro atoms. The minimum atomic E-state index is 0.0992. The van der Waals surface area contributed by atoms with Gasteiger partial charge in [0, 0.05) is 26.5 Å². The minimum Gasteiger partial charge on any atom is -0.385 e. The van der Waals surface area contributed by atoms with Crippen molar-refractivity contribution in [2.24, 2.45) is 5.41 Å². The maximum Gasteiger partial charge on any atom is 0.223 e. The highest BCUT2D eigenvalue weighted by molar-refractivity contribution is 5.30. The normalized spacial score (nSPS) is 10.9. The third kappa shape index (κ3) is 4.79. The second kappa shape index (κ2) is 6.16. The molecule has 17 heavy (non-hydrogen) atoms. The van der Waals surface area contributed by atoms with Crippen molar-refractivity contribution in [3.63, 3.8) is 0 Å². The topological polar surface area (TPSA) is 70.8 Å². The number of hydrogen-bond acceptors (Lipinski definition) is 5. The number of anilines is 1. The van der Waals surface area contributed by atoms with Gasteiger partial charge in [0.1, 0.15) is 11.8 Å². The van der Waals surface area contributed by atoms with E-state index in [1.165, 1.54) is 0 Å². The van der Waals surface area contributed by atoms with Crippen LogP contribution < -0.4 is 5.32 Å². The molecule has 0 radical (unpaired) electrons. The van der Waals surface area contributed by atoms with Crippen LogP contribution in [-0.4, -0.2) is 30.2 Å². The van der Waals surface area contributed by atoms with E-state index in [-0.39, 0.29) is 5.41 Å². The van der Waals surface area contributed by atoms with E-state index < -0.39 is 0 Å². The van der Waals surface area contributed by atoms with Gasteiger partial charge in [0.05, 0.1) is 0 Å². The van der Waals surface area contributed by atoms with Crippen molar-refractivity contribution in [1.29, 1.82) is 5.26 Å². The lowest BCUT2D eigenvalue weighted by Gasteiger charge is -2.24. The van der Waals surface area contributed by atoms with Gasteiger partial charge >= 0.3 is 0 Å². The van der Waals surface area contributed by atoms with E-state index in [2.05, 4.69) is 29.1 Å². The fourth-order valence-electron chi connectivity index (χ4n) is 1.29. The van der Waals surface area contributed by atoms with E-state index >= 15 is 0 Å². The highest BCUT2D eigenvalue weighted by Crippen LogP contribution is 2.20. The summed E-state index contributed by atoms with van der Waals surface area (Å²) in [6.45, 7) is 5.76. The van der Waals surface area contributed by atoms with Gasteiger partial charge in [-0.15, -0.1) is 0 Å². The first-order chi connectivity index (χ1) is 8.07. The smallest absolute Gasteiger partial charge is 0.223 e. The molecule has 0 aliphatic rings. The summed E-state index contributed by atoms with van der Waals surface area (Å²) in [5, 5.41) is 11.9. The van der Waals surface area contributed by atoms with Gasteiger partial charge in [-0.1, -0.05) is 13.8 Å². The molecule has 0 unspecified atom stereocenters. The lowest BCUT2D eigenvalue weighted by atomic mass is 9.90. The quantitative estimate of drug-likeness (QED) is 0.813. The van der Waals surface area contributed by atoms with Crippen LogP contribution >= 0.6 is 0 Å². The largest absolute Gasteiger partial charge is 0.385 e. The zero-order valence-corrected chi connectivity index (χ0v) is 10.5. The Morgan fingerprint density at radius 1 is 1.53 bits per heavy atom. The van der Waals surface area contributed by atoms with Crippen LogP contribution in [0, 0.1) is 16.7 Å². The first kappa shape index (κ1) is 13.4. The maximum atomic E-state index is 8.72. The van der Waals surface area contributed by atoms with E-state index in [1.54, 1.807) is 19.4 Å². The summed E-state index contributed by atoms with van der Waals surface area (Å²) in [5.74, 6) is 0.495. The number of rotatable bonds is 6. The van der Waals surface area contributed by atoms with Crippen LogP contribution in [0.3, 0.4) is 0 Å². The first-order valence-electron chi connectivity index (χ1n) is 5.53. The van der Waals surface area contributed by atoms with E-state index in [4.69, 9.17) is 10.00 Å². The summed E-state index contributed by atoms with van der Waals surface area (Å²) in [5.41, 5.74) is 0.472. The number of hydrogen-bond donors (Lipinski definition) is 1. The average molecular weight is 234 g/mol. The molecule has 0 aromatic carbocycles. The van der Waals surface area contributed by atoms with Crippen LogP contribution in [0.15, 0.2) is 12.3 Å². The molecule has 0 fully saturated rings. The van der Waals surface area contributed by atoms with Gasteiger partial charge in [-0.25, -0.2) is 9.97 Å². The second-order valence-corrected chi connectivity index (χ2v) is 4.64. The zero-order chi connectivity index (χ0) is 12.7. The monoisotopic (exact) mass is 234 g/mol. The fraction of sp³-hybridized carbons (Fsp3) is 0.583. The average Bonchev–Trinajstić information content (AvgIpc) is 2.34. The van der Waals surface area contributed by atoms with E-state index in [1.807, 2.05) is 6.07 Å². The summed E-state index contributed by atoms with van der Waals surface area (Å²) >= 11 is 0. The molecule has 0 atom stereocenters. The highest BCUT2D eigenvalue weighted by atomic mass is 16.5. The Balaban J connectivity index is 2.52. The van der Waals surface area contributed by atoms with Crippen LogP contribution in [0.25, 0.3) is 0 Å². The number of nitrogens with zero attached hydrogens (tertiary/aromatic N) is 3. The number of ether oxygens (including phenoxy) is 1. The maximum absolute atomic E-state index is 8.72. The molecule has 1 N–H and O–H groups in total. The Labute approximate surface area is 102 Å². The van der Waals surface area contributed by atoms with Crippen molar-refractivity contribution < 1.29 is 4.74 Å². The Morgan fingerprint density at radius 2 is 2.29 bits per heavy atom. The number of aromatic nitrogens is 2. The van der Waals surface area contributed by atoms with Crippen molar-refractivity contribution >= 4 is 5.95 Å². The molecule has 92 valence electrons. The van der Waals surface area contributed by atoms with E-state index in [0.717, 1.165) is 19.6 Å². The molecule has 5 heteroatoms. The Hall–Kier alpha value is -1.67. The van der Waals surface area contributed by atoms with Gasteiger partial charge in [0.2, 0.25) is 5.95 Å². The fourth-order valence-corrected chi connectivity index (χ4v) is 1.29. The Morgan fingerprint density at radius 3 is 2.94 bits per heavy atom. The summed E-state index contributed by atoms with van der Waals surface area (Å²) in [6.07, 6.45) is 2.53. The van der Waals surface area contributed by atoms with Gasteiger partial charge in [0.15, 0.2) is 0 Å². The van der Waals surface area contributed by atoms with Crippen molar-refractivity contribution in [1.82, 2.24) is 9.97 Å². The molecule has 0 amide bonds. The summed E-state index contributed by atoms with van der Waals surface area (Å²) in [4.78, 5) is 8.13. The van der Waals surface area contributed by atoms with Crippen LogP contribution in [0.1, 0.15) is 26.0 Å². The van der Waals surface area contributed by atoms with Crippen molar-refractivity contribution in [2.45, 2.75) is 20.3 Å². The van der Waals surface area contributed by atoms with E-state index in [0.29, 0.717) is 11.6 Å². The molecule has 0 bridgehead atoms. The Kier molecular flexibility index (Phi) is 4.85. The number of nitriles is 1. The zero-order valence-electron chi connectivity index (χ0n) is 10.5. The lowest BCUT2D eigenvalue weighted by Crippen LogP contribution is -2.25. The number of nitrogens with one attached hydrogen (secondary N) is 1. The molecule has 1 aromatic rings. The summed E-state index contributed by atoms with van der Waals surface area (Å²) in [6, 6.07) is 3.57. The second-order valence-electron chi connectivity index (χ2n) is 4.64. The first-order valence-corrected chi connectivity index (χ1v) is 5.53. The minimum absolute atomic E-state index is 0.0992. The molecule has 5 nitrogen and oxygen atoms in total. The van der Waals surface area contributed by atoms with Gasteiger partial charge in [-0.2, -0.15) is 5.26 Å². The third-order valence-corrected chi connectivity index (χ3v) is 2.48. The van der Waals surface area contributed by atoms with Gasteiger partial charge < -0.3 is 10.1 Å². The van der Waals surface area contributed by atoms with Crippen LogP contribution in [0.2, 0.25) is 0 Å². The molecule has 1 heterocycles. The van der Waals surface area contributed by atoms with Gasteiger partial charge in [-0.3, -0.25) is 0 Å². The van der Waals surface area contributed by atoms with Crippen molar-refractivity contribution in [3.05, 3.63) is 18.0 Å². The molecule has 0 aliphatic carbocycles. The summed E-state index contributed by atoms with van der Waals surface area (Å²) < 4.78 is 5.06. The molecule has 1 aromatic heterocycles. The predicted molar refractivity (Wildman–Crippen MR) is 65.5 cm³/mol. The van der Waals surface area contributed by atoms with Crippen LogP contribution in [0.5, 0.6) is 0 Å². The molecule has 1 rings (SSSR count). The SMILES string of the molecule is COCCC(C)(C)CNc1nccc(C#N)n1. The standard InChI is InChI=1S/C12H18N4O/c1-12(2,5-7-17-3)9-15-11-14-6-4-10(8-13)16-11/h4,6H,5,7,9H2,1-3H3,(H,14,15,16). The molecular formula is C12H18N4O. The summed E-state index contributed by atoms with van der Waals surface area (Å²) in [7, 11) is 1.70. The molecular weight excluding hydrogens is 216 g/mol. The van der Waals surface area contributed by atoms with Crippen molar-refractivity contribution in [3.8, 4) is 6.07 Å². The van der Waals surface area contributed by atoms with Crippen LogP contribution in [0.4, 0.5) is 5.95 Å². The Bertz CT molecular complexity index is 398. The molecule has 0 aliphatic heterocycles. The van der Waals surface area contributed by atoms with Crippen molar-refractivity contribution in [2.75, 3.05) is 25.6 Å². The number of methoxy groups -OCH3 is 1. The van der Waals surface area contributed by atoms with Gasteiger partial charge in [-0.05, 0) is 17.9 Å². The highest BCUT2D eigenvalue weighted by Gasteiger charge is 2.17. The van der Waals surface area contributed by atoms with Gasteiger partial charge in [0.25, 0.3) is 0 Å². The third-order valence-electron chi connectivity index (χ3n) is 2.48. The molecule has 0 saturated carbocycles. The van der Waals surface area contributed by atoms with E-state index in [9.17, 15) is 0 Å². The van der Waals surface area contributed by atoms with Crippen LogP contribution in [-0.2, 0) is 4.74 Å². The predicted octanol–water partition coefficient (Wildman–Crippen LogP) is 1.82. The lowest BCUT2D eigenvalue weighted by molar-refractivity contribution is 0.157.